The third kappa shape index (κ3) is 2.64. The van der Waals surface area contributed by atoms with Crippen LogP contribution in [-0.2, 0) is 0 Å². The maximum Gasteiger partial charge on any atom is 0.152 e. The van der Waals surface area contributed by atoms with Crippen LogP contribution in [0.2, 0.25) is 0 Å². The van der Waals surface area contributed by atoms with Crippen LogP contribution in [0.1, 0.15) is 32.6 Å². The lowest BCUT2D eigenvalue weighted by Crippen LogP contribution is -2.14. The first kappa shape index (κ1) is 10.3. The van der Waals surface area contributed by atoms with Gasteiger partial charge in [-0.25, -0.2) is 4.98 Å². The van der Waals surface area contributed by atoms with Gasteiger partial charge in [0.2, 0.25) is 0 Å². The average Bonchev–Trinajstić information content (AvgIpc) is 2.51. The topological polar surface area (TPSA) is 38.9 Å². The van der Waals surface area contributed by atoms with Gasteiger partial charge in [-0.2, -0.15) is 0 Å². The molecule has 1 heterocycles. The Morgan fingerprint density at radius 3 is 3.07 bits per heavy atom. The highest BCUT2D eigenvalue weighted by atomic mass is 32.2. The number of thioether (sulfide) groups is 1. The van der Waals surface area contributed by atoms with Crippen molar-refractivity contribution in [3.05, 3.63) is 6.20 Å². The second kappa shape index (κ2) is 4.53. The van der Waals surface area contributed by atoms with E-state index in [0.29, 0.717) is 0 Å². The Bertz CT molecular complexity index is 298. The zero-order valence-corrected chi connectivity index (χ0v) is 10.0. The summed E-state index contributed by atoms with van der Waals surface area (Å²) in [6.45, 7) is 2.35. The van der Waals surface area contributed by atoms with Gasteiger partial charge in [0.05, 0.1) is 6.20 Å². The van der Waals surface area contributed by atoms with E-state index >= 15 is 0 Å². The summed E-state index contributed by atoms with van der Waals surface area (Å²) in [7, 11) is 0. The molecule has 1 saturated carbocycles. The molecule has 0 bridgehead atoms. The first-order valence-corrected chi connectivity index (χ1v) is 6.81. The van der Waals surface area contributed by atoms with Crippen LogP contribution in [0.4, 0.5) is 5.00 Å². The number of anilines is 1. The molecule has 2 rings (SSSR count). The number of hydrogen-bond acceptors (Lipinski definition) is 4. The standard InChI is InChI=1S/C10H16N2S2/c1-7-3-2-4-8(5-7)13-10-12-6-9(11)14-10/h6-8H,2-5,11H2,1H3. The Morgan fingerprint density at radius 1 is 1.57 bits per heavy atom. The Balaban J connectivity index is 1.90. The summed E-state index contributed by atoms with van der Waals surface area (Å²) >= 11 is 3.53. The van der Waals surface area contributed by atoms with Crippen LogP contribution in [0.15, 0.2) is 10.5 Å². The maximum atomic E-state index is 5.65. The Hall–Kier alpha value is -0.220. The third-order valence-electron chi connectivity index (χ3n) is 2.66. The average molecular weight is 228 g/mol. The lowest BCUT2D eigenvalue weighted by atomic mass is 9.91. The Labute approximate surface area is 93.3 Å². The zero-order chi connectivity index (χ0) is 9.97. The predicted octanol–water partition coefficient (Wildman–Crippen LogP) is 3.40. The molecule has 0 aromatic carbocycles. The summed E-state index contributed by atoms with van der Waals surface area (Å²) in [6.07, 6.45) is 7.22. The Kier molecular flexibility index (Phi) is 3.34. The van der Waals surface area contributed by atoms with Crippen molar-refractivity contribution in [2.24, 2.45) is 5.92 Å². The highest BCUT2D eigenvalue weighted by Gasteiger charge is 2.20. The summed E-state index contributed by atoms with van der Waals surface area (Å²) < 4.78 is 1.14. The van der Waals surface area contributed by atoms with Gasteiger partial charge in [0.25, 0.3) is 0 Å². The van der Waals surface area contributed by atoms with E-state index < -0.39 is 0 Å². The van der Waals surface area contributed by atoms with Crippen molar-refractivity contribution in [2.75, 3.05) is 5.73 Å². The van der Waals surface area contributed by atoms with Gasteiger partial charge < -0.3 is 5.73 Å². The van der Waals surface area contributed by atoms with Crippen LogP contribution in [0.3, 0.4) is 0 Å². The number of aromatic nitrogens is 1. The summed E-state index contributed by atoms with van der Waals surface area (Å²) in [5, 5.41) is 1.60. The molecule has 1 aromatic rings. The van der Waals surface area contributed by atoms with Crippen LogP contribution >= 0.6 is 23.1 Å². The maximum absolute atomic E-state index is 5.65. The summed E-state index contributed by atoms with van der Waals surface area (Å²) in [5.41, 5.74) is 5.65. The lowest BCUT2D eigenvalue weighted by molar-refractivity contribution is 0.394. The molecule has 2 atom stereocenters. The summed E-state index contributed by atoms with van der Waals surface area (Å²) in [6, 6.07) is 0. The minimum Gasteiger partial charge on any atom is -0.389 e. The zero-order valence-electron chi connectivity index (χ0n) is 8.40. The molecule has 0 spiro atoms. The fourth-order valence-electron chi connectivity index (χ4n) is 1.95. The van der Waals surface area contributed by atoms with E-state index in [9.17, 15) is 0 Å². The SMILES string of the molecule is CC1CCCC(Sc2ncc(N)s2)C1. The van der Waals surface area contributed by atoms with E-state index in [0.717, 1.165) is 20.5 Å². The molecule has 0 aliphatic heterocycles. The van der Waals surface area contributed by atoms with E-state index in [1.807, 2.05) is 11.8 Å². The molecular weight excluding hydrogens is 212 g/mol. The van der Waals surface area contributed by atoms with Gasteiger partial charge in [-0.3, -0.25) is 0 Å². The molecule has 1 aromatic heterocycles. The molecule has 14 heavy (non-hydrogen) atoms. The molecule has 2 N–H and O–H groups in total. The number of thiazole rings is 1. The first-order valence-electron chi connectivity index (χ1n) is 5.12. The van der Waals surface area contributed by atoms with Crippen molar-refractivity contribution in [1.82, 2.24) is 4.98 Å². The van der Waals surface area contributed by atoms with Crippen LogP contribution in [0.25, 0.3) is 0 Å². The highest BCUT2D eigenvalue weighted by molar-refractivity contribution is 8.01. The van der Waals surface area contributed by atoms with Crippen LogP contribution < -0.4 is 5.73 Å². The molecule has 2 nitrogen and oxygen atoms in total. The molecule has 0 saturated heterocycles. The fourth-order valence-corrected chi connectivity index (χ4v) is 4.36. The quantitative estimate of drug-likeness (QED) is 0.843. The number of nitrogen functional groups attached to an aromatic ring is 1. The van der Waals surface area contributed by atoms with Crippen LogP contribution in [0.5, 0.6) is 0 Å². The highest BCUT2D eigenvalue weighted by Crippen LogP contribution is 2.37. The van der Waals surface area contributed by atoms with Gasteiger partial charge in [-0.1, -0.05) is 42.9 Å². The van der Waals surface area contributed by atoms with Crippen molar-refractivity contribution >= 4 is 28.1 Å². The van der Waals surface area contributed by atoms with Gasteiger partial charge in [0.15, 0.2) is 4.34 Å². The number of hydrogen-bond donors (Lipinski definition) is 1. The Morgan fingerprint density at radius 2 is 2.43 bits per heavy atom. The lowest BCUT2D eigenvalue weighted by Gasteiger charge is -2.25. The number of nitrogens with zero attached hydrogens (tertiary/aromatic N) is 1. The van der Waals surface area contributed by atoms with E-state index in [1.165, 1.54) is 25.7 Å². The van der Waals surface area contributed by atoms with Crippen LogP contribution in [0, 0.1) is 5.92 Å². The van der Waals surface area contributed by atoms with Crippen molar-refractivity contribution in [3.63, 3.8) is 0 Å². The minimum absolute atomic E-state index is 0.768. The first-order chi connectivity index (χ1) is 6.74. The normalized spacial score (nSPS) is 27.8. The molecule has 78 valence electrons. The molecule has 2 unspecified atom stereocenters. The predicted molar refractivity (Wildman–Crippen MR) is 63.8 cm³/mol. The summed E-state index contributed by atoms with van der Waals surface area (Å²) in [4.78, 5) is 4.29. The van der Waals surface area contributed by atoms with Crippen molar-refractivity contribution < 1.29 is 0 Å². The van der Waals surface area contributed by atoms with Crippen LogP contribution in [-0.4, -0.2) is 10.2 Å². The van der Waals surface area contributed by atoms with E-state index in [4.69, 9.17) is 5.73 Å². The van der Waals surface area contributed by atoms with Gasteiger partial charge in [-0.05, 0) is 18.8 Å². The molecule has 0 amide bonds. The van der Waals surface area contributed by atoms with Crippen molar-refractivity contribution in [1.29, 1.82) is 0 Å². The fraction of sp³-hybridized carbons (Fsp3) is 0.700. The van der Waals surface area contributed by atoms with Crippen molar-refractivity contribution in [3.8, 4) is 0 Å². The van der Waals surface area contributed by atoms with E-state index in [-0.39, 0.29) is 0 Å². The summed E-state index contributed by atoms with van der Waals surface area (Å²) in [5.74, 6) is 0.888. The number of nitrogens with two attached hydrogens (primary N) is 1. The second-order valence-electron chi connectivity index (χ2n) is 4.04. The molecule has 1 aliphatic rings. The molecular formula is C10H16N2S2. The van der Waals surface area contributed by atoms with Gasteiger partial charge in [0, 0.05) is 5.25 Å². The third-order valence-corrected chi connectivity index (χ3v) is 4.89. The minimum atomic E-state index is 0.768. The molecule has 1 aliphatic carbocycles. The van der Waals surface area contributed by atoms with Gasteiger partial charge in [0.1, 0.15) is 5.00 Å². The number of rotatable bonds is 2. The molecule has 4 heteroatoms. The van der Waals surface area contributed by atoms with Gasteiger partial charge in [-0.15, -0.1) is 0 Å². The largest absolute Gasteiger partial charge is 0.389 e. The molecule has 0 radical (unpaired) electrons. The van der Waals surface area contributed by atoms with Gasteiger partial charge >= 0.3 is 0 Å². The monoisotopic (exact) mass is 228 g/mol. The van der Waals surface area contributed by atoms with Crippen molar-refractivity contribution in [2.45, 2.75) is 42.2 Å². The second-order valence-corrected chi connectivity index (χ2v) is 6.65. The molecule has 1 fully saturated rings. The van der Waals surface area contributed by atoms with E-state index in [2.05, 4.69) is 11.9 Å². The smallest absolute Gasteiger partial charge is 0.152 e. The van der Waals surface area contributed by atoms with E-state index in [1.54, 1.807) is 17.5 Å².